The van der Waals surface area contributed by atoms with Crippen LogP contribution in [-0.4, -0.2) is 42.5 Å². The maximum absolute atomic E-state index is 12.1. The Labute approximate surface area is 124 Å². The molecule has 20 heavy (non-hydrogen) atoms. The van der Waals surface area contributed by atoms with Crippen LogP contribution in [-0.2, 0) is 0 Å². The summed E-state index contributed by atoms with van der Waals surface area (Å²) in [5.74, 6) is 0.106. The minimum atomic E-state index is -0.152. The number of carbonyl (C=O) groups is 1. The number of rotatable bonds is 3. The van der Waals surface area contributed by atoms with E-state index in [1.165, 1.54) is 12.1 Å². The van der Waals surface area contributed by atoms with Crippen LogP contribution >= 0.6 is 11.6 Å². The Morgan fingerprint density at radius 1 is 1.50 bits per heavy atom. The highest BCUT2D eigenvalue weighted by atomic mass is 35.5. The monoisotopic (exact) mass is 296 g/mol. The molecule has 1 saturated heterocycles. The van der Waals surface area contributed by atoms with Crippen molar-refractivity contribution in [1.29, 1.82) is 0 Å². The third-order valence-electron chi connectivity index (χ3n) is 3.95. The Balaban J connectivity index is 1.95. The van der Waals surface area contributed by atoms with Crippen LogP contribution in [0.15, 0.2) is 12.1 Å². The molecule has 2 rings (SSSR count). The Kier molecular flexibility index (Phi) is 4.50. The van der Waals surface area contributed by atoms with E-state index in [4.69, 9.17) is 17.3 Å². The van der Waals surface area contributed by atoms with Gasteiger partial charge in [0.05, 0.1) is 0 Å². The molecule has 5 nitrogen and oxygen atoms in total. The van der Waals surface area contributed by atoms with Gasteiger partial charge in [0.1, 0.15) is 11.0 Å². The highest BCUT2D eigenvalue weighted by Crippen LogP contribution is 2.29. The van der Waals surface area contributed by atoms with E-state index in [0.717, 1.165) is 25.9 Å². The Morgan fingerprint density at radius 2 is 2.15 bits per heavy atom. The van der Waals surface area contributed by atoms with Gasteiger partial charge >= 0.3 is 0 Å². The number of amides is 1. The largest absolute Gasteiger partial charge is 0.384 e. The molecule has 6 heteroatoms. The molecule has 0 radical (unpaired) electrons. The van der Waals surface area contributed by atoms with Crippen molar-refractivity contribution in [2.45, 2.75) is 19.8 Å². The number of nitrogens with zero attached hydrogens (tertiary/aromatic N) is 2. The molecule has 1 aliphatic heterocycles. The first-order valence-corrected chi connectivity index (χ1v) is 7.16. The maximum atomic E-state index is 12.1. The van der Waals surface area contributed by atoms with Crippen molar-refractivity contribution in [2.75, 3.05) is 32.4 Å². The molecule has 2 heterocycles. The van der Waals surface area contributed by atoms with Crippen molar-refractivity contribution in [1.82, 2.24) is 15.2 Å². The second-order valence-corrected chi connectivity index (χ2v) is 6.29. The van der Waals surface area contributed by atoms with Crippen LogP contribution in [0.2, 0.25) is 5.15 Å². The lowest BCUT2D eigenvalue weighted by Gasteiger charge is -2.37. The van der Waals surface area contributed by atoms with Gasteiger partial charge in [0.25, 0.3) is 5.91 Å². The highest BCUT2D eigenvalue weighted by molar-refractivity contribution is 6.29. The summed E-state index contributed by atoms with van der Waals surface area (Å²) in [7, 11) is 2.12. The summed E-state index contributed by atoms with van der Waals surface area (Å²) in [6, 6.07) is 3.07. The predicted molar refractivity (Wildman–Crippen MR) is 80.8 cm³/mol. The number of hydrogen-bond donors (Lipinski definition) is 2. The summed E-state index contributed by atoms with van der Waals surface area (Å²) in [5.41, 5.74) is 6.21. The first kappa shape index (κ1) is 15.1. The van der Waals surface area contributed by atoms with E-state index in [1.807, 2.05) is 0 Å². The van der Waals surface area contributed by atoms with Crippen LogP contribution in [0.4, 0.5) is 5.82 Å². The molecule has 1 aliphatic rings. The zero-order chi connectivity index (χ0) is 14.8. The molecule has 1 aromatic heterocycles. The average Bonchev–Trinajstić information content (AvgIpc) is 2.39. The summed E-state index contributed by atoms with van der Waals surface area (Å²) in [4.78, 5) is 18.3. The van der Waals surface area contributed by atoms with Gasteiger partial charge in [0.15, 0.2) is 0 Å². The number of aromatic nitrogens is 1. The van der Waals surface area contributed by atoms with Crippen LogP contribution in [0.1, 0.15) is 30.1 Å². The van der Waals surface area contributed by atoms with E-state index in [2.05, 4.69) is 29.2 Å². The Hall–Kier alpha value is -1.33. The molecular weight excluding hydrogens is 276 g/mol. The number of nitrogens with one attached hydrogen (secondary N) is 1. The average molecular weight is 297 g/mol. The fraction of sp³-hybridized carbons (Fsp3) is 0.571. The third kappa shape index (κ3) is 3.84. The minimum absolute atomic E-state index is 0.152. The van der Waals surface area contributed by atoms with E-state index < -0.39 is 0 Å². The maximum Gasteiger partial charge on any atom is 0.251 e. The molecule has 0 bridgehead atoms. The number of nitrogens with two attached hydrogens (primary N) is 1. The summed E-state index contributed by atoms with van der Waals surface area (Å²) in [5, 5.41) is 3.22. The number of halogens is 1. The molecule has 0 atom stereocenters. The number of pyridine rings is 1. The van der Waals surface area contributed by atoms with Crippen molar-refractivity contribution in [2.24, 2.45) is 5.41 Å². The van der Waals surface area contributed by atoms with Crippen molar-refractivity contribution in [3.63, 3.8) is 0 Å². The van der Waals surface area contributed by atoms with Gasteiger partial charge in [-0.2, -0.15) is 0 Å². The quantitative estimate of drug-likeness (QED) is 0.834. The van der Waals surface area contributed by atoms with Gasteiger partial charge in [-0.25, -0.2) is 4.98 Å². The zero-order valence-corrected chi connectivity index (χ0v) is 12.7. The van der Waals surface area contributed by atoms with Crippen LogP contribution < -0.4 is 11.1 Å². The van der Waals surface area contributed by atoms with Crippen LogP contribution in [0.25, 0.3) is 0 Å². The van der Waals surface area contributed by atoms with Gasteiger partial charge in [0.2, 0.25) is 0 Å². The first-order valence-electron chi connectivity index (χ1n) is 6.78. The van der Waals surface area contributed by atoms with Gasteiger partial charge in [-0.3, -0.25) is 4.79 Å². The predicted octanol–water partition coefficient (Wildman–Crippen LogP) is 1.78. The molecule has 0 saturated carbocycles. The lowest BCUT2D eigenvalue weighted by Crippen LogP contribution is -2.43. The minimum Gasteiger partial charge on any atom is -0.384 e. The standard InChI is InChI=1S/C14H21ClN4O/c1-14(3-5-19(2)6-4-14)9-17-13(20)10-7-11(15)18-12(16)8-10/h7-8H,3-6,9H2,1-2H3,(H2,16,18)(H,17,20). The number of carbonyl (C=O) groups excluding carboxylic acids is 1. The van der Waals surface area contributed by atoms with Crippen LogP contribution in [0.3, 0.4) is 0 Å². The fourth-order valence-corrected chi connectivity index (χ4v) is 2.59. The molecule has 0 aromatic carbocycles. The van der Waals surface area contributed by atoms with Gasteiger partial charge < -0.3 is 16.0 Å². The van der Waals surface area contributed by atoms with E-state index >= 15 is 0 Å². The molecular formula is C14H21ClN4O. The molecule has 3 N–H and O–H groups in total. The van der Waals surface area contributed by atoms with E-state index in [-0.39, 0.29) is 22.3 Å². The van der Waals surface area contributed by atoms with Crippen molar-refractivity contribution in [3.8, 4) is 0 Å². The molecule has 0 spiro atoms. The van der Waals surface area contributed by atoms with Crippen molar-refractivity contribution >= 4 is 23.3 Å². The Morgan fingerprint density at radius 3 is 2.75 bits per heavy atom. The van der Waals surface area contributed by atoms with Gasteiger partial charge in [0, 0.05) is 12.1 Å². The molecule has 110 valence electrons. The van der Waals surface area contributed by atoms with Gasteiger partial charge in [-0.05, 0) is 50.5 Å². The lowest BCUT2D eigenvalue weighted by atomic mass is 9.80. The lowest BCUT2D eigenvalue weighted by molar-refractivity contribution is 0.0891. The smallest absolute Gasteiger partial charge is 0.251 e. The van der Waals surface area contributed by atoms with Crippen LogP contribution in [0, 0.1) is 5.41 Å². The van der Waals surface area contributed by atoms with Gasteiger partial charge in [-0.1, -0.05) is 18.5 Å². The topological polar surface area (TPSA) is 71.2 Å². The number of likely N-dealkylation sites (tertiary alicyclic amines) is 1. The van der Waals surface area contributed by atoms with E-state index in [0.29, 0.717) is 12.1 Å². The Bertz CT molecular complexity index is 478. The summed E-state index contributed by atoms with van der Waals surface area (Å²) < 4.78 is 0. The number of hydrogen-bond acceptors (Lipinski definition) is 4. The zero-order valence-electron chi connectivity index (χ0n) is 11.9. The molecule has 1 fully saturated rings. The second kappa shape index (κ2) is 5.97. The number of anilines is 1. The molecule has 0 aliphatic carbocycles. The van der Waals surface area contributed by atoms with Gasteiger partial charge in [-0.15, -0.1) is 0 Å². The van der Waals surface area contributed by atoms with Crippen molar-refractivity contribution in [3.05, 3.63) is 22.8 Å². The van der Waals surface area contributed by atoms with E-state index in [9.17, 15) is 4.79 Å². The number of piperidine rings is 1. The van der Waals surface area contributed by atoms with Crippen LogP contribution in [0.5, 0.6) is 0 Å². The highest BCUT2D eigenvalue weighted by Gasteiger charge is 2.29. The molecule has 1 aromatic rings. The normalized spacial score (nSPS) is 18.8. The third-order valence-corrected chi connectivity index (χ3v) is 4.14. The molecule has 1 amide bonds. The number of nitrogen functional groups attached to an aromatic ring is 1. The summed E-state index contributed by atoms with van der Waals surface area (Å²) in [6.07, 6.45) is 2.17. The summed E-state index contributed by atoms with van der Waals surface area (Å²) >= 11 is 5.81. The first-order chi connectivity index (χ1) is 9.38. The fourth-order valence-electron chi connectivity index (χ4n) is 2.38. The molecule has 0 unspecified atom stereocenters. The second-order valence-electron chi connectivity index (χ2n) is 5.90. The SMILES string of the molecule is CN1CCC(C)(CNC(=O)c2cc(N)nc(Cl)c2)CC1. The van der Waals surface area contributed by atoms with Crippen molar-refractivity contribution < 1.29 is 4.79 Å². The summed E-state index contributed by atoms with van der Waals surface area (Å²) in [6.45, 7) is 5.02. The van der Waals surface area contributed by atoms with E-state index in [1.54, 1.807) is 0 Å².